The van der Waals surface area contributed by atoms with Crippen molar-refractivity contribution in [2.24, 2.45) is 21.1 Å². The Bertz CT molecular complexity index is 1360. The van der Waals surface area contributed by atoms with E-state index in [1.807, 2.05) is 0 Å². The van der Waals surface area contributed by atoms with Gasteiger partial charge in [-0.05, 0) is 6.92 Å². The Hall–Kier alpha value is -3.70. The van der Waals surface area contributed by atoms with Gasteiger partial charge in [-0.1, -0.05) is 0 Å². The van der Waals surface area contributed by atoms with Crippen molar-refractivity contribution >= 4 is 22.3 Å². The van der Waals surface area contributed by atoms with Gasteiger partial charge >= 0.3 is 11.4 Å². The average Bonchev–Trinajstić information content (AvgIpc) is 3.14. The van der Waals surface area contributed by atoms with E-state index in [-0.39, 0.29) is 5.56 Å². The Balaban J connectivity index is 0.000000151. The van der Waals surface area contributed by atoms with Crippen molar-refractivity contribution in [3.63, 3.8) is 0 Å². The Morgan fingerprint density at radius 2 is 1.58 bits per heavy atom. The number of imidazole rings is 2. The van der Waals surface area contributed by atoms with E-state index in [1.54, 1.807) is 25.6 Å². The molecule has 0 saturated carbocycles. The second-order valence-electron chi connectivity index (χ2n) is 5.69. The van der Waals surface area contributed by atoms with Crippen LogP contribution in [0.4, 0.5) is 0 Å². The molecule has 26 heavy (non-hydrogen) atoms. The summed E-state index contributed by atoms with van der Waals surface area (Å²) >= 11 is 0. The van der Waals surface area contributed by atoms with Gasteiger partial charge in [-0.25, -0.2) is 19.6 Å². The summed E-state index contributed by atoms with van der Waals surface area (Å²) < 4.78 is 3.88. The molecule has 4 aromatic heterocycles. The van der Waals surface area contributed by atoms with Gasteiger partial charge in [0.15, 0.2) is 16.8 Å². The Morgan fingerprint density at radius 1 is 0.923 bits per heavy atom. The summed E-state index contributed by atoms with van der Waals surface area (Å²) in [6.07, 6.45) is 1.50. The van der Waals surface area contributed by atoms with Crippen LogP contribution in [0.5, 0.6) is 0 Å². The third-order valence-corrected chi connectivity index (χ3v) is 3.85. The van der Waals surface area contributed by atoms with Crippen molar-refractivity contribution in [1.29, 1.82) is 0 Å². The van der Waals surface area contributed by atoms with E-state index in [9.17, 15) is 19.2 Å². The molecule has 12 heteroatoms. The molecule has 0 amide bonds. The highest BCUT2D eigenvalue weighted by Gasteiger charge is 2.08. The molecule has 0 aliphatic heterocycles. The van der Waals surface area contributed by atoms with Gasteiger partial charge in [0.25, 0.3) is 11.1 Å². The molecule has 0 radical (unpaired) electrons. The molecule has 4 heterocycles. The number of fused-ring (bicyclic) bond motifs is 2. The summed E-state index contributed by atoms with van der Waals surface area (Å²) in [5.41, 5.74) is -0.221. The maximum absolute atomic E-state index is 11.4. The monoisotopic (exact) mass is 360 g/mol. The number of rotatable bonds is 0. The van der Waals surface area contributed by atoms with Gasteiger partial charge in [0, 0.05) is 21.1 Å². The molecule has 136 valence electrons. The number of aromatic amines is 3. The molecular weight excluding hydrogens is 344 g/mol. The van der Waals surface area contributed by atoms with Crippen LogP contribution in [0.15, 0.2) is 25.5 Å². The highest BCUT2D eigenvalue weighted by atomic mass is 16.2. The standard InChI is InChI=1S/2C7H8N4O2/c1-10-3-8-5-4(10)6(12)9-7(13)11(5)2;1-3-8-4-5(9-3)10-7(13)11(2)6(4)12/h3H,1-2H3,(H,9,12,13);1-2H3,(H,8,9)(H,10,13). The lowest BCUT2D eigenvalue weighted by atomic mass is 10.5. The number of nitrogens with one attached hydrogen (secondary N) is 3. The van der Waals surface area contributed by atoms with Crippen molar-refractivity contribution in [3.05, 3.63) is 53.8 Å². The maximum atomic E-state index is 11.4. The van der Waals surface area contributed by atoms with Crippen LogP contribution in [0, 0.1) is 6.92 Å². The zero-order valence-electron chi connectivity index (χ0n) is 14.4. The maximum Gasteiger partial charge on any atom is 0.329 e. The SMILES string of the molecule is Cc1nc2[nH]c(=O)n(C)c(=O)c2[nH]1.Cn1cnc2c1c(=O)[nH]c(=O)n2C. The highest BCUT2D eigenvalue weighted by Crippen LogP contribution is 2.01. The second-order valence-corrected chi connectivity index (χ2v) is 5.69. The molecule has 0 aromatic carbocycles. The van der Waals surface area contributed by atoms with Crippen LogP contribution in [-0.2, 0) is 21.1 Å². The third-order valence-electron chi connectivity index (χ3n) is 3.85. The average molecular weight is 360 g/mol. The first-order valence-electron chi connectivity index (χ1n) is 7.46. The lowest BCUT2D eigenvalue weighted by Crippen LogP contribution is -2.32. The molecule has 0 fully saturated rings. The molecule has 0 bridgehead atoms. The van der Waals surface area contributed by atoms with E-state index in [4.69, 9.17) is 0 Å². The molecule has 0 saturated heterocycles. The van der Waals surface area contributed by atoms with E-state index in [1.165, 1.54) is 17.9 Å². The predicted octanol–water partition coefficient (Wildman–Crippen LogP) is -1.78. The fraction of sp³-hybridized carbons (Fsp3) is 0.286. The van der Waals surface area contributed by atoms with E-state index in [0.29, 0.717) is 28.2 Å². The van der Waals surface area contributed by atoms with Gasteiger partial charge in [0.05, 0.1) is 6.33 Å². The number of aryl methyl sites for hydroxylation is 3. The van der Waals surface area contributed by atoms with Crippen LogP contribution in [-0.4, -0.2) is 38.6 Å². The summed E-state index contributed by atoms with van der Waals surface area (Å²) in [4.78, 5) is 60.3. The first-order valence-corrected chi connectivity index (χ1v) is 7.46. The molecule has 0 aliphatic carbocycles. The number of H-pyrrole nitrogens is 3. The van der Waals surface area contributed by atoms with Crippen molar-refractivity contribution < 1.29 is 0 Å². The number of nitrogens with zero attached hydrogens (tertiary/aromatic N) is 5. The van der Waals surface area contributed by atoms with E-state index < -0.39 is 16.9 Å². The summed E-state index contributed by atoms with van der Waals surface area (Å²) in [6, 6.07) is 0. The van der Waals surface area contributed by atoms with Gasteiger partial charge < -0.3 is 9.55 Å². The Morgan fingerprint density at radius 3 is 2.27 bits per heavy atom. The second kappa shape index (κ2) is 5.98. The highest BCUT2D eigenvalue weighted by molar-refractivity contribution is 5.69. The molecule has 3 N–H and O–H groups in total. The largest absolute Gasteiger partial charge is 0.336 e. The van der Waals surface area contributed by atoms with Crippen LogP contribution in [0.3, 0.4) is 0 Å². The Kier molecular flexibility index (Phi) is 3.94. The van der Waals surface area contributed by atoms with Crippen molar-refractivity contribution in [1.82, 2.24) is 38.6 Å². The third kappa shape index (κ3) is 2.66. The summed E-state index contributed by atoms with van der Waals surface area (Å²) in [6.45, 7) is 1.72. The normalized spacial score (nSPS) is 10.9. The molecule has 4 rings (SSSR count). The molecule has 4 aromatic rings. The van der Waals surface area contributed by atoms with Gasteiger partial charge in [-0.15, -0.1) is 0 Å². The minimum Gasteiger partial charge on any atom is -0.336 e. The van der Waals surface area contributed by atoms with Crippen LogP contribution in [0.2, 0.25) is 0 Å². The van der Waals surface area contributed by atoms with Gasteiger partial charge in [0.2, 0.25) is 0 Å². The van der Waals surface area contributed by atoms with Gasteiger partial charge in [-0.3, -0.25) is 28.7 Å². The molecular formula is C14H16N8O4. The fourth-order valence-electron chi connectivity index (χ4n) is 2.44. The van der Waals surface area contributed by atoms with Crippen molar-refractivity contribution in [2.45, 2.75) is 6.92 Å². The van der Waals surface area contributed by atoms with Gasteiger partial charge in [0.1, 0.15) is 11.3 Å². The van der Waals surface area contributed by atoms with Crippen LogP contribution < -0.4 is 22.5 Å². The zero-order valence-corrected chi connectivity index (χ0v) is 14.4. The predicted molar refractivity (Wildman–Crippen MR) is 93.3 cm³/mol. The Labute approximate surface area is 143 Å². The van der Waals surface area contributed by atoms with E-state index >= 15 is 0 Å². The number of aromatic nitrogens is 8. The molecule has 12 nitrogen and oxygen atoms in total. The van der Waals surface area contributed by atoms with Crippen LogP contribution in [0.1, 0.15) is 5.82 Å². The quantitative estimate of drug-likeness (QED) is 0.336. The topological polar surface area (TPSA) is 156 Å². The summed E-state index contributed by atoms with van der Waals surface area (Å²) in [5.74, 6) is 0.606. The van der Waals surface area contributed by atoms with Crippen LogP contribution in [0.25, 0.3) is 22.3 Å². The first-order chi connectivity index (χ1) is 12.2. The summed E-state index contributed by atoms with van der Waals surface area (Å²) in [7, 11) is 4.68. The smallest absolute Gasteiger partial charge is 0.329 e. The van der Waals surface area contributed by atoms with Crippen LogP contribution >= 0.6 is 0 Å². The zero-order chi connectivity index (χ0) is 19.2. The number of hydrogen-bond donors (Lipinski definition) is 3. The molecule has 0 atom stereocenters. The van der Waals surface area contributed by atoms with Gasteiger partial charge in [-0.2, -0.15) is 0 Å². The first kappa shape index (κ1) is 17.1. The minimum atomic E-state index is -0.455. The van der Waals surface area contributed by atoms with E-state index in [2.05, 4.69) is 24.9 Å². The molecule has 0 aliphatic rings. The van der Waals surface area contributed by atoms with E-state index in [0.717, 1.165) is 4.57 Å². The minimum absolute atomic E-state index is 0.311. The summed E-state index contributed by atoms with van der Waals surface area (Å²) in [5, 5.41) is 0. The molecule has 0 spiro atoms. The molecule has 0 unspecified atom stereocenters. The number of hydrogen-bond acceptors (Lipinski definition) is 6. The lowest BCUT2D eigenvalue weighted by molar-refractivity contribution is 0.790. The lowest BCUT2D eigenvalue weighted by Gasteiger charge is -1.97. The fourth-order valence-corrected chi connectivity index (χ4v) is 2.44. The van der Waals surface area contributed by atoms with Crippen molar-refractivity contribution in [3.8, 4) is 0 Å². The van der Waals surface area contributed by atoms with Crippen molar-refractivity contribution in [2.75, 3.05) is 0 Å².